The van der Waals surface area contributed by atoms with Crippen LogP contribution in [0.2, 0.25) is 0 Å². The van der Waals surface area contributed by atoms with Crippen LogP contribution in [0.4, 0.5) is 0 Å². The lowest BCUT2D eigenvalue weighted by molar-refractivity contribution is 0.416. The van der Waals surface area contributed by atoms with E-state index in [0.29, 0.717) is 0 Å². The van der Waals surface area contributed by atoms with E-state index in [0.717, 1.165) is 11.3 Å². The highest BCUT2D eigenvalue weighted by molar-refractivity contribution is 5.70. The predicted molar refractivity (Wildman–Crippen MR) is 63.2 cm³/mol. The van der Waals surface area contributed by atoms with Crippen molar-refractivity contribution >= 4 is 0 Å². The lowest BCUT2D eigenvalue weighted by Crippen LogP contribution is -1.87. The van der Waals surface area contributed by atoms with Gasteiger partial charge in [0.25, 0.3) is 0 Å². The van der Waals surface area contributed by atoms with E-state index in [-0.39, 0.29) is 0 Å². The number of rotatable bonds is 2. The van der Waals surface area contributed by atoms with Crippen molar-refractivity contribution in [1.82, 2.24) is 0 Å². The van der Waals surface area contributed by atoms with E-state index < -0.39 is 0 Å². The van der Waals surface area contributed by atoms with Gasteiger partial charge in [0.1, 0.15) is 5.75 Å². The standard InChI is InChI=1S/C14H14O/c1-11-7-9-12(10-8-11)13-5-3-4-6-14(13)15-2/h3-10H,1-2H3. The molecule has 0 aromatic heterocycles. The second-order valence-electron chi connectivity index (χ2n) is 3.57. The molecule has 2 aromatic carbocycles. The maximum Gasteiger partial charge on any atom is 0.126 e. The minimum Gasteiger partial charge on any atom is -0.496 e. The highest BCUT2D eigenvalue weighted by atomic mass is 16.5. The number of hydrogen-bond acceptors (Lipinski definition) is 1. The first-order valence-electron chi connectivity index (χ1n) is 5.01. The monoisotopic (exact) mass is 198 g/mol. The van der Waals surface area contributed by atoms with Crippen molar-refractivity contribution in [3.8, 4) is 16.9 Å². The van der Waals surface area contributed by atoms with Gasteiger partial charge in [0.15, 0.2) is 0 Å². The van der Waals surface area contributed by atoms with Crippen LogP contribution in [0.3, 0.4) is 0 Å². The molecular formula is C14H14O. The summed E-state index contributed by atoms with van der Waals surface area (Å²) in [5, 5.41) is 0. The second-order valence-corrected chi connectivity index (χ2v) is 3.57. The molecule has 0 aliphatic carbocycles. The molecular weight excluding hydrogens is 184 g/mol. The maximum atomic E-state index is 5.33. The summed E-state index contributed by atoms with van der Waals surface area (Å²) in [5.74, 6) is 0.918. The number of methoxy groups -OCH3 is 1. The van der Waals surface area contributed by atoms with Gasteiger partial charge in [-0.3, -0.25) is 0 Å². The molecule has 0 spiro atoms. The molecule has 0 saturated heterocycles. The lowest BCUT2D eigenvalue weighted by Gasteiger charge is -2.08. The minimum absolute atomic E-state index is 0.918. The molecule has 0 aliphatic heterocycles. The molecule has 0 saturated carbocycles. The zero-order valence-electron chi connectivity index (χ0n) is 9.03. The summed E-state index contributed by atoms with van der Waals surface area (Å²) >= 11 is 0. The van der Waals surface area contributed by atoms with Crippen LogP contribution in [-0.2, 0) is 0 Å². The summed E-state index contributed by atoms with van der Waals surface area (Å²) in [6.07, 6.45) is 0. The Kier molecular flexibility index (Phi) is 2.72. The molecule has 0 fully saturated rings. The maximum absolute atomic E-state index is 5.33. The van der Waals surface area contributed by atoms with Gasteiger partial charge in [-0.1, -0.05) is 48.0 Å². The Morgan fingerprint density at radius 1 is 0.867 bits per heavy atom. The molecule has 76 valence electrons. The molecule has 1 heteroatoms. The quantitative estimate of drug-likeness (QED) is 0.715. The molecule has 15 heavy (non-hydrogen) atoms. The van der Waals surface area contributed by atoms with E-state index in [4.69, 9.17) is 4.74 Å². The van der Waals surface area contributed by atoms with Crippen LogP contribution in [0.15, 0.2) is 48.5 Å². The van der Waals surface area contributed by atoms with E-state index in [1.165, 1.54) is 11.1 Å². The fourth-order valence-electron chi connectivity index (χ4n) is 1.62. The molecule has 0 amide bonds. The van der Waals surface area contributed by atoms with Crippen LogP contribution >= 0.6 is 0 Å². The second kappa shape index (κ2) is 4.18. The molecule has 2 aromatic rings. The summed E-state index contributed by atoms with van der Waals surface area (Å²) < 4.78 is 5.33. The topological polar surface area (TPSA) is 9.23 Å². The first kappa shape index (κ1) is 9.78. The molecule has 1 nitrogen and oxygen atoms in total. The Balaban J connectivity index is 2.49. The Labute approximate surface area is 90.3 Å². The lowest BCUT2D eigenvalue weighted by atomic mass is 10.0. The van der Waals surface area contributed by atoms with E-state index >= 15 is 0 Å². The van der Waals surface area contributed by atoms with E-state index in [1.807, 2.05) is 18.2 Å². The number of aryl methyl sites for hydroxylation is 1. The minimum atomic E-state index is 0.918. The third-order valence-electron chi connectivity index (χ3n) is 2.47. The zero-order chi connectivity index (χ0) is 10.7. The smallest absolute Gasteiger partial charge is 0.126 e. The van der Waals surface area contributed by atoms with Crippen molar-refractivity contribution in [1.29, 1.82) is 0 Å². The van der Waals surface area contributed by atoms with Crippen molar-refractivity contribution in [2.45, 2.75) is 6.92 Å². The molecule has 0 unspecified atom stereocenters. The average molecular weight is 198 g/mol. The van der Waals surface area contributed by atoms with Crippen LogP contribution in [0, 0.1) is 6.92 Å². The summed E-state index contributed by atoms with van der Waals surface area (Å²) in [5.41, 5.74) is 3.60. The third-order valence-corrected chi connectivity index (χ3v) is 2.47. The van der Waals surface area contributed by atoms with Crippen LogP contribution in [0.25, 0.3) is 11.1 Å². The molecule has 0 atom stereocenters. The fourth-order valence-corrected chi connectivity index (χ4v) is 1.62. The predicted octanol–water partition coefficient (Wildman–Crippen LogP) is 3.67. The Morgan fingerprint density at radius 3 is 2.20 bits per heavy atom. The summed E-state index contributed by atoms with van der Waals surface area (Å²) in [6, 6.07) is 16.5. The van der Waals surface area contributed by atoms with Gasteiger partial charge in [0, 0.05) is 5.56 Å². The van der Waals surface area contributed by atoms with Crippen molar-refractivity contribution in [2.75, 3.05) is 7.11 Å². The number of benzene rings is 2. The molecule has 0 heterocycles. The average Bonchev–Trinajstić information content (AvgIpc) is 2.30. The van der Waals surface area contributed by atoms with Gasteiger partial charge in [-0.05, 0) is 18.6 Å². The van der Waals surface area contributed by atoms with Crippen molar-refractivity contribution < 1.29 is 4.74 Å². The first-order valence-corrected chi connectivity index (χ1v) is 5.01. The Morgan fingerprint density at radius 2 is 1.53 bits per heavy atom. The van der Waals surface area contributed by atoms with Crippen molar-refractivity contribution in [3.05, 3.63) is 54.1 Å². The molecule has 2 rings (SSSR count). The fraction of sp³-hybridized carbons (Fsp3) is 0.143. The van der Waals surface area contributed by atoms with Crippen molar-refractivity contribution in [2.24, 2.45) is 0 Å². The number of ether oxygens (including phenoxy) is 1. The van der Waals surface area contributed by atoms with Crippen LogP contribution in [0.5, 0.6) is 5.75 Å². The van der Waals surface area contributed by atoms with E-state index in [9.17, 15) is 0 Å². The van der Waals surface area contributed by atoms with Gasteiger partial charge in [-0.15, -0.1) is 0 Å². The van der Waals surface area contributed by atoms with Crippen LogP contribution < -0.4 is 4.74 Å². The first-order chi connectivity index (χ1) is 7.31. The SMILES string of the molecule is COc1ccccc1-c1ccc(C)cc1. The third kappa shape index (κ3) is 2.01. The summed E-state index contributed by atoms with van der Waals surface area (Å²) in [7, 11) is 1.70. The van der Waals surface area contributed by atoms with Gasteiger partial charge >= 0.3 is 0 Å². The zero-order valence-corrected chi connectivity index (χ0v) is 9.03. The summed E-state index contributed by atoms with van der Waals surface area (Å²) in [4.78, 5) is 0. The van der Waals surface area contributed by atoms with Gasteiger partial charge < -0.3 is 4.74 Å². The highest BCUT2D eigenvalue weighted by Crippen LogP contribution is 2.29. The Bertz CT molecular complexity index is 443. The van der Waals surface area contributed by atoms with E-state index in [1.54, 1.807) is 7.11 Å². The molecule has 0 aliphatic rings. The summed E-state index contributed by atoms with van der Waals surface area (Å²) in [6.45, 7) is 2.09. The molecule has 0 N–H and O–H groups in total. The highest BCUT2D eigenvalue weighted by Gasteiger charge is 2.03. The van der Waals surface area contributed by atoms with Crippen LogP contribution in [-0.4, -0.2) is 7.11 Å². The van der Waals surface area contributed by atoms with Gasteiger partial charge in [0.2, 0.25) is 0 Å². The van der Waals surface area contributed by atoms with Gasteiger partial charge in [-0.2, -0.15) is 0 Å². The molecule has 0 radical (unpaired) electrons. The normalized spacial score (nSPS) is 10.0. The van der Waals surface area contributed by atoms with E-state index in [2.05, 4.69) is 37.3 Å². The number of para-hydroxylation sites is 1. The number of hydrogen-bond donors (Lipinski definition) is 0. The van der Waals surface area contributed by atoms with Gasteiger partial charge in [-0.25, -0.2) is 0 Å². The molecule has 0 bridgehead atoms. The Hall–Kier alpha value is -1.76. The van der Waals surface area contributed by atoms with Crippen LogP contribution in [0.1, 0.15) is 5.56 Å². The largest absolute Gasteiger partial charge is 0.496 e. The van der Waals surface area contributed by atoms with Crippen molar-refractivity contribution in [3.63, 3.8) is 0 Å². The van der Waals surface area contributed by atoms with Gasteiger partial charge in [0.05, 0.1) is 7.11 Å².